The molecule has 0 aliphatic heterocycles. The second-order valence-electron chi connectivity index (χ2n) is 33.5. The van der Waals surface area contributed by atoms with E-state index < -0.39 is 111 Å². The van der Waals surface area contributed by atoms with Crippen LogP contribution in [-0.4, -0.2) is 167 Å². The van der Waals surface area contributed by atoms with Gasteiger partial charge in [-0.25, -0.2) is 53.0 Å². The van der Waals surface area contributed by atoms with Crippen LogP contribution in [0.15, 0.2) is 158 Å². The number of imidazole rings is 7. The van der Waals surface area contributed by atoms with Crippen LogP contribution in [-0.2, 0) is 78.1 Å². The molecule has 706 valence electrons. The summed E-state index contributed by atoms with van der Waals surface area (Å²) in [6, 6.07) is 42.4. The minimum absolute atomic E-state index is 0.00384. The number of benzene rings is 7. The maximum Gasteiger partial charge on any atom is 0.420 e. The predicted octanol–water partition coefficient (Wildman–Crippen LogP) is 17.6. The molecule has 0 atom stereocenters. The molecule has 0 bridgehead atoms. The Bertz CT molecular complexity index is 7680. The molecule has 0 amide bonds. The number of carbonyl (C=O) groups excluding carboxylic acids is 15. The topological polar surface area (TPSA) is 390 Å². The Balaban J connectivity index is 0.000000123. The number of ketones is 14. The van der Waals surface area contributed by atoms with Gasteiger partial charge in [0.25, 0.3) is 40.5 Å². The van der Waals surface area contributed by atoms with Crippen LogP contribution in [0.4, 0.5) is 26.7 Å². The van der Waals surface area contributed by atoms with E-state index in [2.05, 4.69) is 34.9 Å². The minimum Gasteiger partial charge on any atom is -0.449 e. The summed E-state index contributed by atoms with van der Waals surface area (Å²) in [6.07, 6.45) is -2.19. The third-order valence-electron chi connectivity index (χ3n) is 24.5. The fourth-order valence-electron chi connectivity index (χ4n) is 17.9. The van der Waals surface area contributed by atoms with Crippen LogP contribution in [0.1, 0.15) is 275 Å². The molecule has 14 aromatic rings. The summed E-state index contributed by atoms with van der Waals surface area (Å²) in [5.74, 6) is -4.96. The smallest absolute Gasteiger partial charge is 0.420 e. The van der Waals surface area contributed by atoms with Crippen LogP contribution in [0.3, 0.4) is 0 Å². The molecule has 35 heteroatoms. The first-order valence-electron chi connectivity index (χ1n) is 44.7. The third-order valence-corrected chi connectivity index (χ3v) is 24.5. The highest BCUT2D eigenvalue weighted by Crippen LogP contribution is 2.43. The number of hydrogen-bond donors (Lipinski definition) is 0. The van der Waals surface area contributed by atoms with E-state index in [0.717, 1.165) is 85.6 Å². The Hall–Kier alpha value is -16.5. The van der Waals surface area contributed by atoms with E-state index in [1.807, 2.05) is 115 Å². The van der Waals surface area contributed by atoms with Gasteiger partial charge in [-0.3, -0.25) is 67.1 Å². The van der Waals surface area contributed by atoms with Crippen molar-refractivity contribution < 1.29 is 98.6 Å². The highest BCUT2D eigenvalue weighted by Gasteiger charge is 2.45. The van der Waals surface area contributed by atoms with Gasteiger partial charge in [0, 0.05) is 157 Å². The van der Waals surface area contributed by atoms with Crippen LogP contribution in [0.5, 0.6) is 0 Å². The lowest BCUT2D eigenvalue weighted by Gasteiger charge is -2.17. The van der Waals surface area contributed by atoms with E-state index in [0.29, 0.717) is 115 Å². The Labute approximate surface area is 790 Å². The van der Waals surface area contributed by atoms with Crippen LogP contribution < -0.4 is 0 Å². The number of halogens is 5. The van der Waals surface area contributed by atoms with Crippen LogP contribution in [0.2, 0.25) is 0 Å². The lowest BCUT2D eigenvalue weighted by molar-refractivity contribution is -0.141. The molecule has 0 saturated carbocycles. The van der Waals surface area contributed by atoms with Gasteiger partial charge in [0.2, 0.25) is 40.5 Å². The lowest BCUT2D eigenvalue weighted by Crippen LogP contribution is -2.28. The second-order valence-corrected chi connectivity index (χ2v) is 33.5. The van der Waals surface area contributed by atoms with Gasteiger partial charge in [-0.05, 0) is 50.2 Å². The number of aromatic nitrogens is 14. The van der Waals surface area contributed by atoms with Gasteiger partial charge in [-0.1, -0.05) is 184 Å². The maximum absolute atomic E-state index is 13.3. The van der Waals surface area contributed by atoms with Crippen molar-refractivity contribution in [2.45, 2.75) is 139 Å². The molecular formula is C104H89F5N14O16. The number of nitrogens with zero attached hydrogens (tertiary/aromatic N) is 14. The van der Waals surface area contributed by atoms with E-state index in [4.69, 9.17) is 4.74 Å². The Kier molecular flexibility index (Phi) is 26.8. The number of carbonyl (C=O) groups is 15. The summed E-state index contributed by atoms with van der Waals surface area (Å²) in [5, 5.41) is 0. The number of aryl methyl sites for hydroxylation is 5. The van der Waals surface area contributed by atoms with Gasteiger partial charge in [-0.2, -0.15) is 13.2 Å². The van der Waals surface area contributed by atoms with E-state index in [1.165, 1.54) is 30.3 Å². The van der Waals surface area contributed by atoms with Gasteiger partial charge in [0.1, 0.15) is 127 Å². The van der Waals surface area contributed by atoms with Gasteiger partial charge in [-0.15, -0.1) is 0 Å². The van der Waals surface area contributed by atoms with E-state index in [1.54, 1.807) is 128 Å². The molecule has 30 nitrogen and oxygen atoms in total. The molecule has 0 spiro atoms. The van der Waals surface area contributed by atoms with E-state index >= 15 is 0 Å². The minimum atomic E-state index is -4.50. The molecule has 0 saturated heterocycles. The zero-order chi connectivity index (χ0) is 100. The fourth-order valence-corrected chi connectivity index (χ4v) is 17.9. The average molecular weight is 1890 g/mol. The summed E-state index contributed by atoms with van der Waals surface area (Å²) in [4.78, 5) is 213. The molecule has 7 heterocycles. The van der Waals surface area contributed by atoms with Crippen molar-refractivity contribution >= 4 is 87.1 Å². The Morgan fingerprint density at radius 3 is 0.935 bits per heavy atom. The van der Waals surface area contributed by atoms with E-state index in [-0.39, 0.29) is 75.8 Å². The average Bonchev–Trinajstić information content (AvgIpc) is 1.56. The van der Waals surface area contributed by atoms with Crippen LogP contribution in [0.25, 0.3) is 78.8 Å². The molecule has 0 unspecified atom stereocenters. The maximum atomic E-state index is 13.3. The standard InChI is InChI=1S/C17H16N2O4.C16H16N2O2.C15H11F3N2O2.2C14H11FN2O2.2C14H12N2O2/c1-4-23-17(22)19-13-12(18-16(19)9(2)3)10-7-5-6-8-11(10)14(20)15(13)21;1-4-18-13-12(17-16(18)9(2)3)10-7-5-6-8-11(10)14(19)15(13)20;1-2-10-19-11-8-5-3-4-6-9(8)13(21)14(22)12(11)20(10)7-15(16,17)18;1-3-10-16-11-12(17(10)2)8-5-4-7(15)6-9(8)13(18)14(11)19;1-3-10-16-11-8-5-4-7(15)6-9(8)13(18)14(19)12(11)17(10)2;1-3-10-15-11-12(16(10)2)8-6-4-5-7-9(8)13(17)14(11)18;1-3-10-15-11-8-6-4-5-7-9(8)13(17)14(18)12(11)16(10)2/h5-9H,4H2,1-3H3;5-9H,4H2,1-3H3;3-6H,2,7H2,1H3;2*4-6H,3H2,1-2H3;2*4-7H,3H2,1-2H3. The number of hydrogen-bond acceptors (Lipinski definition) is 23. The fraction of sp³-hybridized carbons (Fsp3) is 0.250. The number of Topliss-reactive ketones (excluding diaryl/α,β-unsaturated/α-hetero) is 14. The molecule has 0 N–H and O–H groups in total. The zero-order valence-corrected chi connectivity index (χ0v) is 78.0. The highest BCUT2D eigenvalue weighted by molar-refractivity contribution is 6.56. The molecular weight excluding hydrogens is 1800 g/mol. The molecule has 139 heavy (non-hydrogen) atoms. The quantitative estimate of drug-likeness (QED) is 0.0906. The van der Waals surface area contributed by atoms with Crippen molar-refractivity contribution in [1.29, 1.82) is 0 Å². The highest BCUT2D eigenvalue weighted by atomic mass is 19.4. The number of fused-ring (bicyclic) bond motifs is 21. The first-order chi connectivity index (χ1) is 66.2. The van der Waals surface area contributed by atoms with Crippen molar-refractivity contribution in [1.82, 2.24) is 66.9 Å². The van der Waals surface area contributed by atoms with Crippen molar-refractivity contribution in [3.8, 4) is 78.8 Å². The zero-order valence-electron chi connectivity index (χ0n) is 78.0. The molecule has 7 aliphatic carbocycles. The summed E-state index contributed by atoms with van der Waals surface area (Å²) in [7, 11) is 7.17. The molecule has 7 aromatic heterocycles. The number of rotatable bonds is 10. The number of ether oxygens (including phenoxy) is 1. The monoisotopic (exact) mass is 1880 g/mol. The summed E-state index contributed by atoms with van der Waals surface area (Å²) in [6.45, 7) is 20.4. The summed E-state index contributed by atoms with van der Waals surface area (Å²) in [5.41, 5.74) is 11.4. The molecule has 0 fully saturated rings. The van der Waals surface area contributed by atoms with Crippen LogP contribution >= 0.6 is 0 Å². The van der Waals surface area contributed by atoms with Gasteiger partial charge < -0.3 is 32.1 Å². The summed E-state index contributed by atoms with van der Waals surface area (Å²) < 4.78 is 80.7. The second kappa shape index (κ2) is 38.3. The predicted molar refractivity (Wildman–Crippen MR) is 497 cm³/mol. The van der Waals surface area contributed by atoms with Crippen molar-refractivity contribution in [3.05, 3.63) is 289 Å². The first-order valence-corrected chi connectivity index (χ1v) is 44.7. The third kappa shape index (κ3) is 16.9. The SMILES string of the molecule is CCOC(=O)n1c(C(C)C)nc2c1C(=O)C(=O)c1ccccc1-2.CCc1nc2c(n1C)-c1ccc(F)cc1C(=O)C2=O.CCc1nc2c(n1C)-c1ccccc1C(=O)C2=O.CCc1nc2c(n1C)C(=O)C(=O)c1cc(F)ccc1-2.CCc1nc2c(n1C)C(=O)C(=O)c1ccccc1-2.CCc1nc2c(n1CC(F)(F)F)C(=O)C(=O)c1ccccc1-2.CCn1c(C(C)C)nc2c1C(=O)C(=O)c1ccccc1-2. The molecule has 7 aliphatic rings. The number of alkyl halides is 3. The molecule has 7 aromatic carbocycles. The largest absolute Gasteiger partial charge is 0.449 e. The normalized spacial score (nSPS) is 13.5. The molecule has 0 radical (unpaired) electrons. The van der Waals surface area contributed by atoms with Gasteiger partial charge in [0.15, 0.2) is 0 Å². The summed E-state index contributed by atoms with van der Waals surface area (Å²) >= 11 is 0. The lowest BCUT2D eigenvalue weighted by atomic mass is 9.90. The van der Waals surface area contributed by atoms with Crippen LogP contribution in [0, 0.1) is 11.6 Å². The first kappa shape index (κ1) is 97.1. The Morgan fingerprint density at radius 1 is 0.295 bits per heavy atom. The Morgan fingerprint density at radius 2 is 0.561 bits per heavy atom. The van der Waals surface area contributed by atoms with E-state index in [9.17, 15) is 93.9 Å². The van der Waals surface area contributed by atoms with Crippen molar-refractivity contribution in [3.63, 3.8) is 0 Å². The molecule has 21 rings (SSSR count). The van der Waals surface area contributed by atoms with Crippen molar-refractivity contribution in [2.24, 2.45) is 28.2 Å². The van der Waals surface area contributed by atoms with Crippen molar-refractivity contribution in [2.75, 3.05) is 6.61 Å². The van der Waals surface area contributed by atoms with Gasteiger partial charge in [0.05, 0.1) is 18.0 Å². The van der Waals surface area contributed by atoms with Gasteiger partial charge >= 0.3 is 12.3 Å².